The van der Waals surface area contributed by atoms with E-state index in [4.69, 9.17) is 16.6 Å². The van der Waals surface area contributed by atoms with Gasteiger partial charge in [0.2, 0.25) is 5.95 Å². The molecule has 2 heterocycles. The van der Waals surface area contributed by atoms with Gasteiger partial charge in [0.25, 0.3) is 0 Å². The lowest BCUT2D eigenvalue weighted by atomic mass is 9.77. The number of fused-ring (bicyclic) bond motifs is 3. The van der Waals surface area contributed by atoms with Crippen molar-refractivity contribution in [2.45, 2.75) is 24.8 Å². The average Bonchev–Trinajstić information content (AvgIpc) is 3.16. The molecule has 1 N–H and O–H groups in total. The summed E-state index contributed by atoms with van der Waals surface area (Å²) in [5.74, 6) is 0.308. The fourth-order valence-corrected chi connectivity index (χ4v) is 5.21. The predicted octanol–water partition coefficient (Wildman–Crippen LogP) is 6.24. The maximum absolute atomic E-state index is 15.0. The van der Waals surface area contributed by atoms with E-state index in [2.05, 4.69) is 5.32 Å². The number of carbonyl (C=O) groups excluding carboxylic acids is 1. The van der Waals surface area contributed by atoms with Crippen LogP contribution in [0.15, 0.2) is 84.1 Å². The van der Waals surface area contributed by atoms with Crippen molar-refractivity contribution in [3.05, 3.63) is 106 Å². The zero-order valence-electron chi connectivity index (χ0n) is 17.1. The number of halogens is 2. The first-order chi connectivity index (χ1) is 15.6. The fraction of sp³-hybridized carbons (Fsp3) is 0.154. The summed E-state index contributed by atoms with van der Waals surface area (Å²) in [4.78, 5) is 18.3. The smallest absolute Gasteiger partial charge is 0.209 e. The fourth-order valence-electron chi connectivity index (χ4n) is 5.01. The Labute approximate surface area is 189 Å². The highest BCUT2D eigenvalue weighted by Gasteiger charge is 2.40. The summed E-state index contributed by atoms with van der Waals surface area (Å²) in [5.41, 5.74) is 4.59. The van der Waals surface area contributed by atoms with Crippen LogP contribution < -0.4 is 5.32 Å². The van der Waals surface area contributed by atoms with Gasteiger partial charge in [-0.25, -0.2) is 9.37 Å². The minimum Gasteiger partial charge on any atom is -0.329 e. The number of hydrogen-bond donors (Lipinski definition) is 1. The number of hydrogen-bond acceptors (Lipinski definition) is 3. The zero-order valence-corrected chi connectivity index (χ0v) is 17.8. The minimum absolute atomic E-state index is 0.00430. The van der Waals surface area contributed by atoms with Crippen LogP contribution in [0.4, 0.5) is 10.3 Å². The number of rotatable bonds is 2. The van der Waals surface area contributed by atoms with Gasteiger partial charge >= 0.3 is 0 Å². The zero-order chi connectivity index (χ0) is 21.8. The molecule has 4 nitrogen and oxygen atoms in total. The van der Waals surface area contributed by atoms with Crippen molar-refractivity contribution in [3.8, 4) is 0 Å². The van der Waals surface area contributed by atoms with Crippen molar-refractivity contribution in [1.29, 1.82) is 0 Å². The Morgan fingerprint density at radius 3 is 2.66 bits per heavy atom. The van der Waals surface area contributed by atoms with E-state index in [1.165, 1.54) is 6.07 Å². The molecule has 0 radical (unpaired) electrons. The first-order valence-electron chi connectivity index (χ1n) is 10.6. The second-order valence-electron chi connectivity index (χ2n) is 8.32. The molecule has 3 aromatic carbocycles. The monoisotopic (exact) mass is 443 g/mol. The van der Waals surface area contributed by atoms with Crippen LogP contribution in [0, 0.1) is 5.82 Å². The van der Waals surface area contributed by atoms with E-state index >= 15 is 4.39 Å². The van der Waals surface area contributed by atoms with Crippen molar-refractivity contribution in [1.82, 2.24) is 9.55 Å². The highest BCUT2D eigenvalue weighted by atomic mass is 35.5. The lowest BCUT2D eigenvalue weighted by Crippen LogP contribution is -2.33. The van der Waals surface area contributed by atoms with Gasteiger partial charge in [-0.05, 0) is 48.2 Å². The largest absolute Gasteiger partial charge is 0.329 e. The number of nitrogens with one attached hydrogen (secondary N) is 1. The van der Waals surface area contributed by atoms with Gasteiger partial charge in [0.05, 0.1) is 17.1 Å². The molecule has 6 heteroatoms. The summed E-state index contributed by atoms with van der Waals surface area (Å²) in [6, 6.07) is 21.5. The number of aromatic nitrogens is 2. The summed E-state index contributed by atoms with van der Waals surface area (Å²) < 4.78 is 17.0. The topological polar surface area (TPSA) is 46.9 Å². The molecule has 4 aromatic rings. The molecule has 0 saturated carbocycles. The Hall–Kier alpha value is -3.44. The number of imidazole rings is 1. The van der Waals surface area contributed by atoms with Crippen LogP contribution in [-0.2, 0) is 4.79 Å². The van der Waals surface area contributed by atoms with Crippen LogP contribution in [0.2, 0.25) is 5.02 Å². The number of Topliss-reactive ketones (excluding diaryl/α,β-unsaturated/α-hetero) is 1. The van der Waals surface area contributed by atoms with Crippen molar-refractivity contribution >= 4 is 34.4 Å². The number of para-hydroxylation sites is 2. The van der Waals surface area contributed by atoms with Crippen LogP contribution in [-0.4, -0.2) is 15.3 Å². The Morgan fingerprint density at radius 1 is 1.00 bits per heavy atom. The van der Waals surface area contributed by atoms with E-state index in [0.29, 0.717) is 34.9 Å². The molecule has 0 fully saturated rings. The molecule has 0 saturated heterocycles. The van der Waals surface area contributed by atoms with Gasteiger partial charge in [-0.15, -0.1) is 0 Å². The summed E-state index contributed by atoms with van der Waals surface area (Å²) >= 11 is 6.20. The second kappa shape index (κ2) is 7.31. The van der Waals surface area contributed by atoms with E-state index in [9.17, 15) is 4.79 Å². The SMILES string of the molecule is O=C1C[C@@H](c2cccc(Cl)c2)CC2=C1[C@@H](c1ccccc1F)n1c(nc3ccccc31)N2. The van der Waals surface area contributed by atoms with E-state index < -0.39 is 6.04 Å². The Bertz CT molecular complexity index is 1420. The lowest BCUT2D eigenvalue weighted by Gasteiger charge is -2.36. The Kier molecular flexibility index (Phi) is 4.40. The van der Waals surface area contributed by atoms with Gasteiger partial charge in [-0.1, -0.05) is 54.1 Å². The third kappa shape index (κ3) is 2.96. The standard InChI is InChI=1S/C26H19ClFN3O/c27-17-7-5-6-15(12-17)16-13-21-24(23(32)14-16)25(18-8-1-2-9-19(18)28)31-22-11-4-3-10-20(22)29-26(31)30-21/h1-12,16,25H,13-14H2,(H,29,30)/t16-,25+/m0/s1. The molecule has 1 aliphatic carbocycles. The average molecular weight is 444 g/mol. The number of ketones is 1. The molecular formula is C26H19ClFN3O. The van der Waals surface area contributed by atoms with Crippen LogP contribution >= 0.6 is 11.6 Å². The molecule has 0 amide bonds. The lowest BCUT2D eigenvalue weighted by molar-refractivity contribution is -0.116. The van der Waals surface area contributed by atoms with Crippen molar-refractivity contribution < 1.29 is 9.18 Å². The molecule has 0 spiro atoms. The molecule has 1 aliphatic heterocycles. The summed E-state index contributed by atoms with van der Waals surface area (Å²) in [6.45, 7) is 0. The van der Waals surface area contributed by atoms with Gasteiger partial charge in [0.15, 0.2) is 5.78 Å². The molecule has 32 heavy (non-hydrogen) atoms. The maximum atomic E-state index is 15.0. The van der Waals surface area contributed by atoms with Crippen LogP contribution in [0.3, 0.4) is 0 Å². The van der Waals surface area contributed by atoms with Gasteiger partial charge in [-0.3, -0.25) is 9.36 Å². The molecule has 2 aliphatic rings. The first-order valence-corrected chi connectivity index (χ1v) is 11.0. The van der Waals surface area contributed by atoms with E-state index in [1.54, 1.807) is 12.1 Å². The normalized spacial score (nSPS) is 20.1. The van der Waals surface area contributed by atoms with E-state index in [1.807, 2.05) is 59.2 Å². The van der Waals surface area contributed by atoms with Crippen LogP contribution in [0.5, 0.6) is 0 Å². The predicted molar refractivity (Wildman–Crippen MR) is 123 cm³/mol. The maximum Gasteiger partial charge on any atom is 0.209 e. The van der Waals surface area contributed by atoms with Crippen LogP contribution in [0.25, 0.3) is 11.0 Å². The number of anilines is 1. The van der Waals surface area contributed by atoms with Gasteiger partial charge in [0, 0.05) is 28.3 Å². The summed E-state index contributed by atoms with van der Waals surface area (Å²) in [6.07, 6.45) is 0.989. The highest BCUT2D eigenvalue weighted by molar-refractivity contribution is 6.30. The molecule has 2 atom stereocenters. The summed E-state index contributed by atoms with van der Waals surface area (Å²) in [5, 5.41) is 4.06. The third-order valence-electron chi connectivity index (χ3n) is 6.42. The van der Waals surface area contributed by atoms with Crippen LogP contribution in [0.1, 0.15) is 35.9 Å². The number of carbonyl (C=O) groups is 1. The molecule has 158 valence electrons. The van der Waals surface area contributed by atoms with Crippen molar-refractivity contribution in [2.75, 3.05) is 5.32 Å². The van der Waals surface area contributed by atoms with Gasteiger partial charge in [0.1, 0.15) is 5.82 Å². The first kappa shape index (κ1) is 19.3. The number of nitrogens with zero attached hydrogens (tertiary/aromatic N) is 2. The molecule has 0 unspecified atom stereocenters. The van der Waals surface area contributed by atoms with Crippen molar-refractivity contribution in [3.63, 3.8) is 0 Å². The second-order valence-corrected chi connectivity index (χ2v) is 8.76. The number of allylic oxidation sites excluding steroid dienone is 2. The minimum atomic E-state index is -0.567. The molecular weight excluding hydrogens is 425 g/mol. The van der Waals surface area contributed by atoms with Gasteiger partial charge < -0.3 is 5.32 Å². The van der Waals surface area contributed by atoms with Crippen molar-refractivity contribution in [2.24, 2.45) is 0 Å². The number of benzene rings is 3. The molecule has 1 aromatic heterocycles. The van der Waals surface area contributed by atoms with Gasteiger partial charge in [-0.2, -0.15) is 0 Å². The molecule has 0 bridgehead atoms. The van der Waals surface area contributed by atoms with E-state index in [0.717, 1.165) is 22.3 Å². The summed E-state index contributed by atoms with van der Waals surface area (Å²) in [7, 11) is 0. The Balaban J connectivity index is 1.54. The Morgan fingerprint density at radius 2 is 1.81 bits per heavy atom. The van der Waals surface area contributed by atoms with E-state index in [-0.39, 0.29) is 17.5 Å². The third-order valence-corrected chi connectivity index (χ3v) is 6.65. The quantitative estimate of drug-likeness (QED) is 0.398. The molecule has 6 rings (SSSR count). The highest BCUT2D eigenvalue weighted by Crippen LogP contribution is 2.46.